The second-order valence-corrected chi connectivity index (χ2v) is 9.74. The highest BCUT2D eigenvalue weighted by molar-refractivity contribution is 9.11. The zero-order valence-corrected chi connectivity index (χ0v) is 22.1. The van der Waals surface area contributed by atoms with Crippen LogP contribution in [0.3, 0.4) is 0 Å². The fourth-order valence-corrected chi connectivity index (χ4v) is 4.48. The van der Waals surface area contributed by atoms with Gasteiger partial charge in [-0.2, -0.15) is 0 Å². The number of amides is 2. The molecule has 3 rings (SSSR count). The van der Waals surface area contributed by atoms with E-state index in [9.17, 15) is 9.59 Å². The smallest absolute Gasteiger partial charge is 0.261 e. The molecular formula is C26H28Br2N2O3. The molecule has 0 saturated heterocycles. The summed E-state index contributed by atoms with van der Waals surface area (Å²) in [5.41, 5.74) is 0.924. The average molecular weight is 576 g/mol. The summed E-state index contributed by atoms with van der Waals surface area (Å²) in [4.78, 5) is 27.7. The number of fused-ring (bicyclic) bond motifs is 1. The molecule has 33 heavy (non-hydrogen) atoms. The van der Waals surface area contributed by atoms with Gasteiger partial charge in [0.25, 0.3) is 5.91 Å². The molecule has 0 fully saturated rings. The minimum Gasteiger partial charge on any atom is -0.483 e. The fraction of sp³-hybridized carbons (Fsp3) is 0.308. The van der Waals surface area contributed by atoms with Crippen LogP contribution < -0.4 is 10.1 Å². The van der Waals surface area contributed by atoms with Crippen molar-refractivity contribution < 1.29 is 14.3 Å². The quantitative estimate of drug-likeness (QED) is 0.336. The molecule has 5 nitrogen and oxygen atoms in total. The second-order valence-electron chi connectivity index (χ2n) is 8.03. The zero-order valence-electron chi connectivity index (χ0n) is 19.0. The van der Waals surface area contributed by atoms with E-state index in [4.69, 9.17) is 4.74 Å². The highest BCUT2D eigenvalue weighted by Gasteiger charge is 2.27. The van der Waals surface area contributed by atoms with Crippen LogP contribution in [0.15, 0.2) is 69.6 Å². The maximum Gasteiger partial charge on any atom is 0.261 e. The molecule has 7 heteroatoms. The normalized spacial score (nSPS) is 12.8. The van der Waals surface area contributed by atoms with Crippen LogP contribution in [0.4, 0.5) is 0 Å². The first kappa shape index (κ1) is 25.2. The number of ether oxygens (including phenoxy) is 1. The van der Waals surface area contributed by atoms with Crippen LogP contribution >= 0.6 is 31.9 Å². The molecule has 0 aliphatic carbocycles. The van der Waals surface area contributed by atoms with Gasteiger partial charge in [0.15, 0.2) is 6.61 Å². The van der Waals surface area contributed by atoms with Gasteiger partial charge < -0.3 is 15.0 Å². The van der Waals surface area contributed by atoms with E-state index >= 15 is 0 Å². The van der Waals surface area contributed by atoms with Crippen molar-refractivity contribution in [2.24, 2.45) is 0 Å². The molecule has 3 aromatic rings. The van der Waals surface area contributed by atoms with Crippen LogP contribution in [0.1, 0.15) is 32.8 Å². The molecular weight excluding hydrogens is 548 g/mol. The molecule has 0 unspecified atom stereocenters. The Morgan fingerprint density at radius 1 is 1.03 bits per heavy atom. The van der Waals surface area contributed by atoms with Gasteiger partial charge in [-0.25, -0.2) is 0 Å². The number of hydrogen-bond donors (Lipinski definition) is 1. The van der Waals surface area contributed by atoms with Crippen LogP contribution in [0, 0.1) is 0 Å². The Bertz CT molecular complexity index is 1140. The Labute approximate surface area is 211 Å². The predicted molar refractivity (Wildman–Crippen MR) is 139 cm³/mol. The maximum atomic E-state index is 13.3. The summed E-state index contributed by atoms with van der Waals surface area (Å²) in [6, 6.07) is 18.9. The number of nitrogens with one attached hydrogen (secondary N) is 1. The van der Waals surface area contributed by atoms with E-state index in [2.05, 4.69) is 37.2 Å². The van der Waals surface area contributed by atoms with Gasteiger partial charge in [0.1, 0.15) is 11.8 Å². The molecule has 0 aromatic heterocycles. The molecule has 0 bridgehead atoms. The number of rotatable bonds is 9. The van der Waals surface area contributed by atoms with Crippen LogP contribution in [0.5, 0.6) is 5.75 Å². The third-order valence-corrected chi connectivity index (χ3v) is 6.90. The minimum atomic E-state index is -0.644. The Kier molecular flexibility index (Phi) is 8.92. The summed E-state index contributed by atoms with van der Waals surface area (Å²) >= 11 is 7.07. The van der Waals surface area contributed by atoms with E-state index in [-0.39, 0.29) is 24.5 Å². The van der Waals surface area contributed by atoms with Crippen LogP contribution in [0.25, 0.3) is 10.8 Å². The maximum absolute atomic E-state index is 13.3. The predicted octanol–water partition coefficient (Wildman–Crippen LogP) is 6.08. The van der Waals surface area contributed by atoms with Crippen molar-refractivity contribution in [3.63, 3.8) is 0 Å². The molecule has 174 valence electrons. The molecule has 2 atom stereocenters. The highest BCUT2D eigenvalue weighted by atomic mass is 79.9. The number of nitrogens with zero attached hydrogens (tertiary/aromatic N) is 1. The molecule has 3 aromatic carbocycles. The van der Waals surface area contributed by atoms with Crippen molar-refractivity contribution in [2.45, 2.75) is 45.8 Å². The van der Waals surface area contributed by atoms with Crippen molar-refractivity contribution >= 4 is 54.4 Å². The molecule has 0 spiro atoms. The lowest BCUT2D eigenvalue weighted by Gasteiger charge is -2.29. The number of benzene rings is 3. The fourth-order valence-electron chi connectivity index (χ4n) is 3.43. The lowest BCUT2D eigenvalue weighted by molar-refractivity contribution is -0.142. The van der Waals surface area contributed by atoms with Gasteiger partial charge in [0.05, 0.1) is 4.47 Å². The number of carbonyl (C=O) groups excluding carboxylic acids is 2. The first-order valence-electron chi connectivity index (χ1n) is 10.9. The number of halogens is 2. The first-order valence-corrected chi connectivity index (χ1v) is 12.5. The highest BCUT2D eigenvalue weighted by Crippen LogP contribution is 2.33. The lowest BCUT2D eigenvalue weighted by Crippen LogP contribution is -2.50. The minimum absolute atomic E-state index is 0.0348. The van der Waals surface area contributed by atoms with Gasteiger partial charge >= 0.3 is 0 Å². The lowest BCUT2D eigenvalue weighted by atomic mass is 10.1. The van der Waals surface area contributed by atoms with E-state index in [0.717, 1.165) is 31.7 Å². The molecule has 1 N–H and O–H groups in total. The molecule has 0 heterocycles. The van der Waals surface area contributed by atoms with E-state index in [1.54, 1.807) is 11.8 Å². The van der Waals surface area contributed by atoms with Gasteiger partial charge in [-0.3, -0.25) is 9.59 Å². The van der Waals surface area contributed by atoms with Crippen LogP contribution in [0.2, 0.25) is 0 Å². The molecule has 0 aliphatic rings. The monoisotopic (exact) mass is 574 g/mol. The first-order chi connectivity index (χ1) is 15.8. The SMILES string of the molecule is CC[C@H](C)NC(=O)[C@@H](C)N(Cc1cccc(Br)c1)C(=O)COc1ccc2ccccc2c1Br. The summed E-state index contributed by atoms with van der Waals surface area (Å²) in [5, 5.41) is 5.06. The van der Waals surface area contributed by atoms with Crippen molar-refractivity contribution in [2.75, 3.05) is 6.61 Å². The summed E-state index contributed by atoms with van der Waals surface area (Å²) in [6.07, 6.45) is 0.817. The van der Waals surface area contributed by atoms with Crippen LogP contribution in [-0.2, 0) is 16.1 Å². The van der Waals surface area contributed by atoms with Gasteiger partial charge in [-0.05, 0) is 70.7 Å². The Balaban J connectivity index is 1.79. The van der Waals surface area contributed by atoms with Gasteiger partial charge in [0, 0.05) is 17.1 Å². The average Bonchev–Trinajstić information content (AvgIpc) is 2.81. The zero-order chi connectivity index (χ0) is 24.0. The third-order valence-electron chi connectivity index (χ3n) is 5.59. The largest absolute Gasteiger partial charge is 0.483 e. The third kappa shape index (κ3) is 6.58. The summed E-state index contributed by atoms with van der Waals surface area (Å²) in [7, 11) is 0. The number of carbonyl (C=O) groups is 2. The molecule has 2 amide bonds. The van der Waals surface area contributed by atoms with E-state index in [1.165, 1.54) is 0 Å². The molecule has 0 saturated carbocycles. The van der Waals surface area contributed by atoms with Gasteiger partial charge in [-0.1, -0.05) is 65.3 Å². The topological polar surface area (TPSA) is 58.6 Å². The van der Waals surface area contributed by atoms with Crippen LogP contribution in [-0.4, -0.2) is 35.4 Å². The Morgan fingerprint density at radius 3 is 2.52 bits per heavy atom. The molecule has 0 aliphatic heterocycles. The van der Waals surface area contributed by atoms with Crippen molar-refractivity contribution in [1.82, 2.24) is 10.2 Å². The second kappa shape index (κ2) is 11.7. The summed E-state index contributed by atoms with van der Waals surface area (Å²) in [6.45, 7) is 5.84. The van der Waals surface area contributed by atoms with E-state index in [1.807, 2.05) is 74.5 Å². The van der Waals surface area contributed by atoms with E-state index in [0.29, 0.717) is 12.3 Å². The molecule has 0 radical (unpaired) electrons. The van der Waals surface area contributed by atoms with E-state index < -0.39 is 6.04 Å². The Hall–Kier alpha value is -2.38. The van der Waals surface area contributed by atoms with Gasteiger partial charge in [0.2, 0.25) is 5.91 Å². The standard InChI is InChI=1S/C26H28Br2N2O3/c1-4-17(2)29-26(32)18(3)30(15-19-8-7-10-21(27)14-19)24(31)16-33-23-13-12-20-9-5-6-11-22(20)25(23)28/h5-14,17-18H,4,15-16H2,1-3H3,(H,29,32)/t17-,18+/m0/s1. The number of hydrogen-bond acceptors (Lipinski definition) is 3. The summed E-state index contributed by atoms with van der Waals surface area (Å²) < 4.78 is 7.62. The van der Waals surface area contributed by atoms with Crippen molar-refractivity contribution in [1.29, 1.82) is 0 Å². The summed E-state index contributed by atoms with van der Waals surface area (Å²) in [5.74, 6) is 0.141. The van der Waals surface area contributed by atoms with Crippen molar-refractivity contribution in [3.05, 3.63) is 75.2 Å². The van der Waals surface area contributed by atoms with Crippen molar-refractivity contribution in [3.8, 4) is 5.75 Å². The van der Waals surface area contributed by atoms with Gasteiger partial charge in [-0.15, -0.1) is 0 Å². The Morgan fingerprint density at radius 2 is 1.79 bits per heavy atom.